The first-order chi connectivity index (χ1) is 9.22. The Morgan fingerprint density at radius 2 is 1.95 bits per heavy atom. The Hall–Kier alpha value is -1.82. The third-order valence-corrected chi connectivity index (χ3v) is 3.24. The van der Waals surface area contributed by atoms with E-state index in [2.05, 4.69) is 43.5 Å². The molecule has 1 heterocycles. The number of anilines is 4. The fourth-order valence-corrected chi connectivity index (χ4v) is 1.95. The van der Waals surface area contributed by atoms with Crippen LogP contribution in [0.25, 0.3) is 0 Å². The molecule has 1 aromatic heterocycles. The van der Waals surface area contributed by atoms with E-state index >= 15 is 0 Å². The van der Waals surface area contributed by atoms with E-state index in [1.807, 2.05) is 24.3 Å². The summed E-state index contributed by atoms with van der Waals surface area (Å²) in [5.41, 5.74) is 7.49. The van der Waals surface area contributed by atoms with Gasteiger partial charge in [-0.05, 0) is 34.5 Å². The zero-order valence-electron chi connectivity index (χ0n) is 10.7. The van der Waals surface area contributed by atoms with E-state index in [1.165, 1.54) is 6.33 Å². The lowest BCUT2D eigenvalue weighted by atomic mass is 10.3. The molecule has 6 heteroatoms. The van der Waals surface area contributed by atoms with Crippen LogP contribution in [0.4, 0.5) is 23.0 Å². The van der Waals surface area contributed by atoms with Gasteiger partial charge < -0.3 is 16.4 Å². The van der Waals surface area contributed by atoms with E-state index in [0.717, 1.165) is 23.1 Å². The molecule has 0 bridgehead atoms. The van der Waals surface area contributed by atoms with Gasteiger partial charge in [0.1, 0.15) is 12.0 Å². The number of hydrogen-bond acceptors (Lipinski definition) is 5. The van der Waals surface area contributed by atoms with Crippen molar-refractivity contribution >= 4 is 38.9 Å². The molecule has 0 atom stereocenters. The Labute approximate surface area is 120 Å². The molecule has 1 aromatic carbocycles. The van der Waals surface area contributed by atoms with Crippen LogP contribution in [0.2, 0.25) is 0 Å². The summed E-state index contributed by atoms with van der Waals surface area (Å²) in [7, 11) is 0. The highest BCUT2D eigenvalue weighted by atomic mass is 79.9. The van der Waals surface area contributed by atoms with E-state index < -0.39 is 0 Å². The lowest BCUT2D eigenvalue weighted by Gasteiger charge is -2.12. The smallest absolute Gasteiger partial charge is 0.159 e. The van der Waals surface area contributed by atoms with Gasteiger partial charge in [0.25, 0.3) is 0 Å². The first-order valence-electron chi connectivity index (χ1n) is 6.08. The summed E-state index contributed by atoms with van der Waals surface area (Å²) < 4.78 is 0.955. The van der Waals surface area contributed by atoms with Crippen LogP contribution >= 0.6 is 15.9 Å². The second-order valence-corrected chi connectivity index (χ2v) is 4.87. The highest BCUT2D eigenvalue weighted by Crippen LogP contribution is 2.29. The number of benzene rings is 1. The van der Waals surface area contributed by atoms with E-state index in [-0.39, 0.29) is 0 Å². The Morgan fingerprint density at radius 3 is 2.68 bits per heavy atom. The van der Waals surface area contributed by atoms with Crippen molar-refractivity contribution in [3.05, 3.63) is 35.1 Å². The van der Waals surface area contributed by atoms with Crippen LogP contribution < -0.4 is 16.4 Å². The quantitative estimate of drug-likeness (QED) is 0.787. The van der Waals surface area contributed by atoms with Crippen LogP contribution in [0.5, 0.6) is 0 Å². The average molecular weight is 322 g/mol. The molecule has 0 saturated heterocycles. The SMILES string of the molecule is CCCNc1ncnc(Nc2ccccc2Br)c1N. The fraction of sp³-hybridized carbons (Fsp3) is 0.231. The van der Waals surface area contributed by atoms with Gasteiger partial charge in [-0.2, -0.15) is 0 Å². The number of nitrogens with two attached hydrogens (primary N) is 1. The Morgan fingerprint density at radius 1 is 1.21 bits per heavy atom. The van der Waals surface area contributed by atoms with Crippen molar-refractivity contribution < 1.29 is 0 Å². The van der Waals surface area contributed by atoms with Gasteiger partial charge in [0, 0.05) is 11.0 Å². The van der Waals surface area contributed by atoms with Crippen molar-refractivity contribution in [3.8, 4) is 0 Å². The maximum Gasteiger partial charge on any atom is 0.159 e. The highest BCUT2D eigenvalue weighted by Gasteiger charge is 2.08. The second kappa shape index (κ2) is 6.38. The predicted molar refractivity (Wildman–Crippen MR) is 82.6 cm³/mol. The van der Waals surface area contributed by atoms with Crippen LogP contribution in [0, 0.1) is 0 Å². The van der Waals surface area contributed by atoms with Crippen LogP contribution in [0.1, 0.15) is 13.3 Å². The first kappa shape index (κ1) is 13.6. The molecule has 19 heavy (non-hydrogen) atoms. The molecule has 0 aliphatic rings. The second-order valence-electron chi connectivity index (χ2n) is 4.02. The van der Waals surface area contributed by atoms with Gasteiger partial charge in [-0.3, -0.25) is 0 Å². The minimum Gasteiger partial charge on any atom is -0.393 e. The van der Waals surface area contributed by atoms with Crippen molar-refractivity contribution in [2.45, 2.75) is 13.3 Å². The van der Waals surface area contributed by atoms with Gasteiger partial charge in [0.05, 0.1) is 5.69 Å². The molecule has 0 unspecified atom stereocenters. The van der Waals surface area contributed by atoms with E-state index in [1.54, 1.807) is 0 Å². The summed E-state index contributed by atoms with van der Waals surface area (Å²) in [5, 5.41) is 6.37. The number of nitrogen functional groups attached to an aromatic ring is 1. The molecular formula is C13H16BrN5. The van der Waals surface area contributed by atoms with Crippen molar-refractivity contribution in [2.75, 3.05) is 22.9 Å². The number of rotatable bonds is 5. The number of nitrogens with one attached hydrogen (secondary N) is 2. The van der Waals surface area contributed by atoms with Gasteiger partial charge in [0.15, 0.2) is 11.6 Å². The van der Waals surface area contributed by atoms with E-state index in [4.69, 9.17) is 5.73 Å². The molecular weight excluding hydrogens is 306 g/mol. The van der Waals surface area contributed by atoms with Gasteiger partial charge in [0.2, 0.25) is 0 Å². The van der Waals surface area contributed by atoms with Crippen molar-refractivity contribution in [1.29, 1.82) is 0 Å². The molecule has 0 fully saturated rings. The zero-order valence-corrected chi connectivity index (χ0v) is 12.2. The summed E-state index contributed by atoms with van der Waals surface area (Å²) in [5.74, 6) is 1.26. The standard InChI is InChI=1S/C13H16BrN5/c1-2-7-16-12-11(15)13(18-8-17-12)19-10-6-4-3-5-9(10)14/h3-6,8H,2,7,15H2,1H3,(H2,16,17,18,19). The molecule has 0 aliphatic carbocycles. The third kappa shape index (κ3) is 3.35. The van der Waals surface area contributed by atoms with Gasteiger partial charge in [-0.15, -0.1) is 0 Å². The molecule has 4 N–H and O–H groups in total. The zero-order chi connectivity index (χ0) is 13.7. The van der Waals surface area contributed by atoms with Crippen molar-refractivity contribution in [3.63, 3.8) is 0 Å². The Bertz CT molecular complexity index is 558. The lowest BCUT2D eigenvalue weighted by molar-refractivity contribution is 0.966. The molecule has 0 amide bonds. The Balaban J connectivity index is 2.23. The minimum atomic E-state index is 0.520. The summed E-state index contributed by atoms with van der Waals surface area (Å²) >= 11 is 3.48. The van der Waals surface area contributed by atoms with Gasteiger partial charge in [-0.25, -0.2) is 9.97 Å². The maximum absolute atomic E-state index is 6.06. The molecule has 2 aromatic rings. The first-order valence-corrected chi connectivity index (χ1v) is 6.87. The summed E-state index contributed by atoms with van der Waals surface area (Å²) in [6.45, 7) is 2.92. The number of aromatic nitrogens is 2. The number of para-hydroxylation sites is 1. The van der Waals surface area contributed by atoms with Crippen LogP contribution in [-0.2, 0) is 0 Å². The molecule has 2 rings (SSSR count). The molecule has 0 spiro atoms. The summed E-state index contributed by atoms with van der Waals surface area (Å²) in [4.78, 5) is 8.32. The third-order valence-electron chi connectivity index (χ3n) is 2.55. The lowest BCUT2D eigenvalue weighted by Crippen LogP contribution is -2.08. The summed E-state index contributed by atoms with van der Waals surface area (Å²) in [6.07, 6.45) is 2.50. The maximum atomic E-state index is 6.06. The minimum absolute atomic E-state index is 0.520. The largest absolute Gasteiger partial charge is 0.393 e. The number of halogens is 1. The highest BCUT2D eigenvalue weighted by molar-refractivity contribution is 9.10. The number of hydrogen-bond donors (Lipinski definition) is 3. The summed E-state index contributed by atoms with van der Waals surface area (Å²) in [6, 6.07) is 7.80. The molecule has 0 saturated carbocycles. The normalized spacial score (nSPS) is 10.2. The molecule has 0 radical (unpaired) electrons. The van der Waals surface area contributed by atoms with Crippen LogP contribution in [0.15, 0.2) is 35.1 Å². The number of nitrogens with zero attached hydrogens (tertiary/aromatic N) is 2. The van der Waals surface area contributed by atoms with Crippen molar-refractivity contribution in [1.82, 2.24) is 9.97 Å². The predicted octanol–water partition coefficient (Wildman–Crippen LogP) is 3.39. The fourth-order valence-electron chi connectivity index (χ4n) is 1.57. The van der Waals surface area contributed by atoms with Gasteiger partial charge >= 0.3 is 0 Å². The monoisotopic (exact) mass is 321 g/mol. The van der Waals surface area contributed by atoms with Crippen molar-refractivity contribution in [2.24, 2.45) is 0 Å². The van der Waals surface area contributed by atoms with Crippen LogP contribution in [-0.4, -0.2) is 16.5 Å². The average Bonchev–Trinajstić information content (AvgIpc) is 2.42. The molecule has 5 nitrogen and oxygen atoms in total. The van der Waals surface area contributed by atoms with Crippen LogP contribution in [0.3, 0.4) is 0 Å². The molecule has 0 aliphatic heterocycles. The van der Waals surface area contributed by atoms with E-state index in [0.29, 0.717) is 17.3 Å². The Kier molecular flexibility index (Phi) is 4.57. The van der Waals surface area contributed by atoms with Gasteiger partial charge in [-0.1, -0.05) is 19.1 Å². The molecule has 100 valence electrons. The topological polar surface area (TPSA) is 75.9 Å². The van der Waals surface area contributed by atoms with E-state index in [9.17, 15) is 0 Å².